The third-order valence-electron chi connectivity index (χ3n) is 1.96. The van der Waals surface area contributed by atoms with Crippen molar-refractivity contribution in [3.63, 3.8) is 0 Å². The molecule has 90 valence electrons. The number of halogens is 1. The van der Waals surface area contributed by atoms with Crippen molar-refractivity contribution in [3.05, 3.63) is 29.6 Å². The molecule has 1 rings (SSSR count). The van der Waals surface area contributed by atoms with Crippen LogP contribution in [0.1, 0.15) is 5.56 Å². The van der Waals surface area contributed by atoms with Crippen LogP contribution in [0.2, 0.25) is 0 Å². The van der Waals surface area contributed by atoms with Gasteiger partial charge in [-0.05, 0) is 17.7 Å². The number of thioether (sulfide) groups is 1. The molecule has 0 radical (unpaired) electrons. The Hall–Kier alpha value is -0.750. The maximum atomic E-state index is 12.7. The van der Waals surface area contributed by atoms with Crippen LogP contribution in [0.4, 0.5) is 10.1 Å². The Bertz CT molecular complexity index is 460. The lowest BCUT2D eigenvalue weighted by atomic mass is 10.2. The van der Waals surface area contributed by atoms with Gasteiger partial charge in [-0.1, -0.05) is 6.07 Å². The van der Waals surface area contributed by atoms with Crippen molar-refractivity contribution in [1.82, 2.24) is 0 Å². The summed E-state index contributed by atoms with van der Waals surface area (Å²) in [6.07, 6.45) is 1.21. The first-order chi connectivity index (χ1) is 7.38. The molecule has 3 nitrogen and oxygen atoms in total. The molecule has 6 heteroatoms. The predicted octanol–water partition coefficient (Wildman–Crippen LogP) is 1.69. The lowest BCUT2D eigenvalue weighted by molar-refractivity contribution is 0.603. The number of rotatable bonds is 5. The van der Waals surface area contributed by atoms with E-state index in [0.29, 0.717) is 17.2 Å². The van der Waals surface area contributed by atoms with E-state index in [-0.39, 0.29) is 11.6 Å². The van der Waals surface area contributed by atoms with Crippen LogP contribution in [0.15, 0.2) is 18.2 Å². The number of nitrogen functional groups attached to an aromatic ring is 1. The van der Waals surface area contributed by atoms with Crippen molar-refractivity contribution in [2.24, 2.45) is 0 Å². The molecule has 0 saturated heterocycles. The highest BCUT2D eigenvalue weighted by Crippen LogP contribution is 2.19. The molecular formula is C10H14FNO2S2. The van der Waals surface area contributed by atoms with E-state index in [1.807, 2.05) is 0 Å². The molecule has 0 fully saturated rings. The maximum absolute atomic E-state index is 12.7. The summed E-state index contributed by atoms with van der Waals surface area (Å²) in [5.74, 6) is 0.915. The SMILES string of the molecule is CS(=O)(=O)CCSCc1ccc(F)cc1N. The Morgan fingerprint density at radius 1 is 1.44 bits per heavy atom. The minimum atomic E-state index is -2.91. The summed E-state index contributed by atoms with van der Waals surface area (Å²) in [7, 11) is -2.91. The fourth-order valence-corrected chi connectivity index (χ4v) is 3.40. The van der Waals surface area contributed by atoms with Crippen LogP contribution in [-0.4, -0.2) is 26.2 Å². The molecule has 0 unspecified atom stereocenters. The van der Waals surface area contributed by atoms with Gasteiger partial charge >= 0.3 is 0 Å². The second kappa shape index (κ2) is 5.54. The monoisotopic (exact) mass is 263 g/mol. The second-order valence-corrected chi connectivity index (χ2v) is 6.89. The van der Waals surface area contributed by atoms with E-state index in [0.717, 1.165) is 5.56 Å². The van der Waals surface area contributed by atoms with Crippen LogP contribution >= 0.6 is 11.8 Å². The predicted molar refractivity (Wildman–Crippen MR) is 66.7 cm³/mol. The van der Waals surface area contributed by atoms with Gasteiger partial charge in [-0.25, -0.2) is 12.8 Å². The molecule has 0 aliphatic carbocycles. The van der Waals surface area contributed by atoms with Crippen molar-refractivity contribution >= 4 is 27.3 Å². The van der Waals surface area contributed by atoms with Crippen molar-refractivity contribution in [2.45, 2.75) is 5.75 Å². The molecule has 0 bridgehead atoms. The zero-order valence-electron chi connectivity index (χ0n) is 8.94. The lowest BCUT2D eigenvalue weighted by Gasteiger charge is -2.05. The van der Waals surface area contributed by atoms with Gasteiger partial charge < -0.3 is 5.73 Å². The third kappa shape index (κ3) is 4.85. The van der Waals surface area contributed by atoms with Gasteiger partial charge in [0.2, 0.25) is 0 Å². The van der Waals surface area contributed by atoms with E-state index in [9.17, 15) is 12.8 Å². The summed E-state index contributed by atoms with van der Waals surface area (Å²) in [4.78, 5) is 0. The minimum absolute atomic E-state index is 0.152. The largest absolute Gasteiger partial charge is 0.398 e. The Kier molecular flexibility index (Phi) is 4.61. The Morgan fingerprint density at radius 2 is 2.12 bits per heavy atom. The summed E-state index contributed by atoms with van der Waals surface area (Å²) in [6.45, 7) is 0. The van der Waals surface area contributed by atoms with E-state index in [4.69, 9.17) is 5.73 Å². The van der Waals surface area contributed by atoms with Gasteiger partial charge in [0, 0.05) is 23.4 Å². The van der Waals surface area contributed by atoms with Crippen LogP contribution < -0.4 is 5.73 Å². The van der Waals surface area contributed by atoms with Gasteiger partial charge in [0.1, 0.15) is 15.7 Å². The van der Waals surface area contributed by atoms with E-state index in [1.54, 1.807) is 6.07 Å². The first-order valence-corrected chi connectivity index (χ1v) is 7.89. The number of benzene rings is 1. The zero-order valence-corrected chi connectivity index (χ0v) is 10.6. The average Bonchev–Trinajstić information content (AvgIpc) is 2.13. The summed E-state index contributed by atoms with van der Waals surface area (Å²) >= 11 is 1.47. The minimum Gasteiger partial charge on any atom is -0.398 e. The van der Waals surface area contributed by atoms with Crippen LogP contribution in [0, 0.1) is 5.82 Å². The molecule has 0 aliphatic rings. The fourth-order valence-electron chi connectivity index (χ4n) is 1.09. The van der Waals surface area contributed by atoms with Gasteiger partial charge in [0.05, 0.1) is 5.75 Å². The molecule has 2 N–H and O–H groups in total. The number of anilines is 1. The molecule has 0 amide bonds. The first kappa shape index (κ1) is 13.3. The number of nitrogens with two attached hydrogens (primary N) is 1. The standard InChI is InChI=1S/C10H14FNO2S2/c1-16(13,14)5-4-15-7-8-2-3-9(11)6-10(8)12/h2-3,6H,4-5,7,12H2,1H3. The van der Waals surface area contributed by atoms with Gasteiger partial charge in [-0.3, -0.25) is 0 Å². The van der Waals surface area contributed by atoms with Gasteiger partial charge in [0.15, 0.2) is 0 Å². The van der Waals surface area contributed by atoms with Crippen molar-refractivity contribution in [3.8, 4) is 0 Å². The number of hydrogen-bond donors (Lipinski definition) is 1. The van der Waals surface area contributed by atoms with Gasteiger partial charge in [0.25, 0.3) is 0 Å². The zero-order chi connectivity index (χ0) is 12.2. The molecule has 0 heterocycles. The molecule has 0 aliphatic heterocycles. The average molecular weight is 263 g/mol. The van der Waals surface area contributed by atoms with E-state index in [2.05, 4.69) is 0 Å². The first-order valence-electron chi connectivity index (χ1n) is 4.68. The smallest absolute Gasteiger partial charge is 0.148 e. The van der Waals surface area contributed by atoms with Crippen LogP contribution in [-0.2, 0) is 15.6 Å². The highest BCUT2D eigenvalue weighted by Gasteiger charge is 2.04. The molecule has 0 aromatic heterocycles. The van der Waals surface area contributed by atoms with Crippen LogP contribution in [0.3, 0.4) is 0 Å². The van der Waals surface area contributed by atoms with Gasteiger partial charge in [-0.2, -0.15) is 11.8 Å². The molecule has 0 spiro atoms. The van der Waals surface area contributed by atoms with Crippen LogP contribution in [0.25, 0.3) is 0 Å². The maximum Gasteiger partial charge on any atom is 0.148 e. The number of sulfone groups is 1. The topological polar surface area (TPSA) is 60.2 Å². The Labute approximate surface area is 99.1 Å². The van der Waals surface area contributed by atoms with Crippen LogP contribution in [0.5, 0.6) is 0 Å². The Balaban J connectivity index is 2.43. The summed E-state index contributed by atoms with van der Waals surface area (Å²) < 4.78 is 34.5. The normalized spacial score (nSPS) is 11.6. The molecule has 1 aromatic rings. The molecular weight excluding hydrogens is 249 g/mol. The molecule has 0 saturated carbocycles. The molecule has 16 heavy (non-hydrogen) atoms. The van der Waals surface area contributed by atoms with Gasteiger partial charge in [-0.15, -0.1) is 0 Å². The van der Waals surface area contributed by atoms with Crippen molar-refractivity contribution < 1.29 is 12.8 Å². The number of hydrogen-bond acceptors (Lipinski definition) is 4. The summed E-state index contributed by atoms with van der Waals surface area (Å²) in [5, 5.41) is 0. The summed E-state index contributed by atoms with van der Waals surface area (Å²) in [6, 6.07) is 4.24. The molecule has 1 aromatic carbocycles. The second-order valence-electron chi connectivity index (χ2n) is 3.53. The fraction of sp³-hybridized carbons (Fsp3) is 0.400. The summed E-state index contributed by atoms with van der Waals surface area (Å²) in [5.41, 5.74) is 6.86. The third-order valence-corrected chi connectivity index (χ3v) is 4.18. The van der Waals surface area contributed by atoms with E-state index < -0.39 is 9.84 Å². The van der Waals surface area contributed by atoms with E-state index >= 15 is 0 Å². The van der Waals surface area contributed by atoms with Crippen molar-refractivity contribution in [2.75, 3.05) is 23.5 Å². The highest BCUT2D eigenvalue weighted by molar-refractivity contribution is 7.99. The van der Waals surface area contributed by atoms with Crippen molar-refractivity contribution in [1.29, 1.82) is 0 Å². The van der Waals surface area contributed by atoms with E-state index in [1.165, 1.54) is 30.2 Å². The quantitative estimate of drug-likeness (QED) is 0.648. The lowest BCUT2D eigenvalue weighted by Crippen LogP contribution is -2.05. The Morgan fingerprint density at radius 3 is 2.69 bits per heavy atom. The molecule has 0 atom stereocenters. The highest BCUT2D eigenvalue weighted by atomic mass is 32.2.